The van der Waals surface area contributed by atoms with E-state index < -0.39 is 15.6 Å². The molecule has 0 bridgehead atoms. The lowest BCUT2D eigenvalue weighted by Gasteiger charge is -2.24. The molecule has 0 fully saturated rings. The van der Waals surface area contributed by atoms with Crippen LogP contribution in [0.15, 0.2) is 17.0 Å². The van der Waals surface area contributed by atoms with Gasteiger partial charge in [0.25, 0.3) is 0 Å². The summed E-state index contributed by atoms with van der Waals surface area (Å²) in [5.41, 5.74) is 1.59. The smallest absolute Gasteiger partial charge is 0.241 e. The van der Waals surface area contributed by atoms with Gasteiger partial charge in [-0.1, -0.05) is 17.7 Å². The van der Waals surface area contributed by atoms with Crippen molar-refractivity contribution in [1.29, 1.82) is 0 Å². The molecule has 4 nitrogen and oxygen atoms in total. The van der Waals surface area contributed by atoms with E-state index in [-0.39, 0.29) is 6.61 Å². The highest BCUT2D eigenvalue weighted by Gasteiger charge is 2.27. The monoisotopic (exact) mass is 271 g/mol. The Labute approximate surface area is 109 Å². The van der Waals surface area contributed by atoms with Crippen molar-refractivity contribution in [3.63, 3.8) is 0 Å². The number of hydrogen-bond acceptors (Lipinski definition) is 3. The highest BCUT2D eigenvalue weighted by atomic mass is 32.2. The van der Waals surface area contributed by atoms with E-state index >= 15 is 0 Å². The molecule has 0 aromatic heterocycles. The third kappa shape index (κ3) is 3.31. The van der Waals surface area contributed by atoms with Gasteiger partial charge >= 0.3 is 0 Å². The molecule has 0 heterocycles. The average molecular weight is 271 g/mol. The molecule has 0 saturated heterocycles. The second-order valence-corrected chi connectivity index (χ2v) is 6.99. The van der Waals surface area contributed by atoms with Crippen LogP contribution in [0, 0.1) is 20.8 Å². The van der Waals surface area contributed by atoms with Crippen molar-refractivity contribution in [2.24, 2.45) is 0 Å². The fourth-order valence-corrected chi connectivity index (χ4v) is 3.90. The van der Waals surface area contributed by atoms with Crippen molar-refractivity contribution in [2.75, 3.05) is 6.61 Å². The van der Waals surface area contributed by atoms with Crippen molar-refractivity contribution in [2.45, 2.75) is 45.1 Å². The summed E-state index contributed by atoms with van der Waals surface area (Å²) in [5.74, 6) is 0. The predicted octanol–water partition coefficient (Wildman–Crippen LogP) is 1.66. The minimum absolute atomic E-state index is 0.254. The zero-order valence-electron chi connectivity index (χ0n) is 11.5. The summed E-state index contributed by atoms with van der Waals surface area (Å²) in [5, 5.41) is 9.16. The van der Waals surface area contributed by atoms with Crippen LogP contribution in [0.1, 0.15) is 30.5 Å². The second-order valence-electron chi connectivity index (χ2n) is 5.38. The number of aryl methyl sites for hydroxylation is 3. The Balaban J connectivity index is 3.30. The van der Waals surface area contributed by atoms with E-state index in [0.29, 0.717) is 16.0 Å². The summed E-state index contributed by atoms with van der Waals surface area (Å²) in [7, 11) is -3.62. The molecule has 18 heavy (non-hydrogen) atoms. The van der Waals surface area contributed by atoms with Crippen molar-refractivity contribution in [1.82, 2.24) is 4.72 Å². The van der Waals surface area contributed by atoms with Crippen molar-refractivity contribution < 1.29 is 13.5 Å². The molecule has 5 heteroatoms. The molecule has 0 spiro atoms. The molecule has 0 atom stereocenters. The van der Waals surface area contributed by atoms with E-state index in [2.05, 4.69) is 4.72 Å². The Morgan fingerprint density at radius 1 is 1.17 bits per heavy atom. The van der Waals surface area contributed by atoms with Gasteiger partial charge in [-0.05, 0) is 45.7 Å². The molecule has 0 aliphatic rings. The number of benzene rings is 1. The molecule has 0 saturated carbocycles. The molecule has 1 rings (SSSR count). The molecule has 1 aromatic rings. The average Bonchev–Trinajstić information content (AvgIpc) is 2.13. The first kappa shape index (κ1) is 15.1. The summed E-state index contributed by atoms with van der Waals surface area (Å²) < 4.78 is 27.2. The lowest BCUT2D eigenvalue weighted by atomic mass is 10.1. The van der Waals surface area contributed by atoms with Gasteiger partial charge in [0.05, 0.1) is 17.0 Å². The predicted molar refractivity (Wildman–Crippen MR) is 72.1 cm³/mol. The third-order valence-corrected chi connectivity index (χ3v) is 4.68. The zero-order chi connectivity index (χ0) is 14.1. The summed E-state index contributed by atoms with van der Waals surface area (Å²) in [4.78, 5) is 0.301. The van der Waals surface area contributed by atoms with Gasteiger partial charge in [0, 0.05) is 0 Å². The fourth-order valence-electron chi connectivity index (χ4n) is 2.04. The fraction of sp³-hybridized carbons (Fsp3) is 0.538. The number of rotatable bonds is 4. The minimum atomic E-state index is -3.62. The van der Waals surface area contributed by atoms with Gasteiger partial charge in [-0.25, -0.2) is 13.1 Å². The molecule has 2 N–H and O–H groups in total. The number of aliphatic hydroxyl groups is 1. The lowest BCUT2D eigenvalue weighted by molar-refractivity contribution is 0.208. The lowest BCUT2D eigenvalue weighted by Crippen LogP contribution is -2.46. The maximum Gasteiger partial charge on any atom is 0.241 e. The standard InChI is InChI=1S/C13H21NO3S/c1-9-6-10(2)12(11(3)7-9)18(16,17)14-13(4,5)8-15/h6-7,14-15H,8H2,1-5H3. The number of aliphatic hydroxyl groups excluding tert-OH is 1. The topological polar surface area (TPSA) is 66.4 Å². The Bertz CT molecular complexity index is 524. The molecule has 0 aliphatic heterocycles. The van der Waals surface area contributed by atoms with Gasteiger partial charge in [-0.15, -0.1) is 0 Å². The van der Waals surface area contributed by atoms with Crippen LogP contribution in [0.4, 0.5) is 0 Å². The van der Waals surface area contributed by atoms with Crippen LogP contribution in [0.2, 0.25) is 0 Å². The normalized spacial score (nSPS) is 12.8. The van der Waals surface area contributed by atoms with Crippen molar-refractivity contribution in [3.05, 3.63) is 28.8 Å². The summed E-state index contributed by atoms with van der Waals surface area (Å²) in [6.45, 7) is 8.52. The van der Waals surface area contributed by atoms with E-state index in [1.807, 2.05) is 19.1 Å². The minimum Gasteiger partial charge on any atom is -0.394 e. The Hall–Kier alpha value is -0.910. The third-order valence-electron chi connectivity index (χ3n) is 2.68. The van der Waals surface area contributed by atoms with Gasteiger partial charge in [0.15, 0.2) is 0 Å². The SMILES string of the molecule is Cc1cc(C)c(S(=O)(=O)NC(C)(C)CO)c(C)c1. The molecule has 1 aromatic carbocycles. The van der Waals surface area contributed by atoms with Crippen LogP contribution in [0.5, 0.6) is 0 Å². The van der Waals surface area contributed by atoms with E-state index in [4.69, 9.17) is 5.11 Å². The van der Waals surface area contributed by atoms with E-state index in [1.54, 1.807) is 27.7 Å². The summed E-state index contributed by atoms with van der Waals surface area (Å²) in [6, 6.07) is 3.68. The number of nitrogens with one attached hydrogen (secondary N) is 1. The van der Waals surface area contributed by atoms with Crippen LogP contribution in [0.25, 0.3) is 0 Å². The van der Waals surface area contributed by atoms with Crippen LogP contribution >= 0.6 is 0 Å². The largest absolute Gasteiger partial charge is 0.394 e. The van der Waals surface area contributed by atoms with Crippen molar-refractivity contribution in [3.8, 4) is 0 Å². The highest BCUT2D eigenvalue weighted by molar-refractivity contribution is 7.89. The Kier molecular flexibility index (Phi) is 4.20. The van der Waals surface area contributed by atoms with Gasteiger partial charge < -0.3 is 5.11 Å². The highest BCUT2D eigenvalue weighted by Crippen LogP contribution is 2.22. The quantitative estimate of drug-likeness (QED) is 0.875. The van der Waals surface area contributed by atoms with Crippen LogP contribution in [0.3, 0.4) is 0 Å². The van der Waals surface area contributed by atoms with E-state index in [1.165, 1.54) is 0 Å². The second kappa shape index (κ2) is 4.99. The first-order valence-electron chi connectivity index (χ1n) is 5.82. The van der Waals surface area contributed by atoms with Crippen LogP contribution in [-0.2, 0) is 10.0 Å². The first-order chi connectivity index (χ1) is 8.09. The maximum atomic E-state index is 12.3. The number of hydrogen-bond donors (Lipinski definition) is 2. The molecular formula is C13H21NO3S. The molecular weight excluding hydrogens is 250 g/mol. The Morgan fingerprint density at radius 2 is 1.61 bits per heavy atom. The maximum absolute atomic E-state index is 12.3. The molecule has 0 aliphatic carbocycles. The molecule has 0 radical (unpaired) electrons. The first-order valence-corrected chi connectivity index (χ1v) is 7.30. The van der Waals surface area contributed by atoms with E-state index in [9.17, 15) is 8.42 Å². The molecule has 0 amide bonds. The van der Waals surface area contributed by atoms with Crippen LogP contribution < -0.4 is 4.72 Å². The van der Waals surface area contributed by atoms with Gasteiger partial charge in [0.2, 0.25) is 10.0 Å². The Morgan fingerprint density at radius 3 is 2.00 bits per heavy atom. The van der Waals surface area contributed by atoms with Crippen LogP contribution in [-0.4, -0.2) is 25.7 Å². The van der Waals surface area contributed by atoms with Gasteiger partial charge in [0.1, 0.15) is 0 Å². The molecule has 0 unspecified atom stereocenters. The van der Waals surface area contributed by atoms with Gasteiger partial charge in [-0.3, -0.25) is 0 Å². The summed E-state index contributed by atoms with van der Waals surface area (Å²) in [6.07, 6.45) is 0. The zero-order valence-corrected chi connectivity index (χ0v) is 12.4. The van der Waals surface area contributed by atoms with Crippen molar-refractivity contribution >= 4 is 10.0 Å². The number of sulfonamides is 1. The van der Waals surface area contributed by atoms with Gasteiger partial charge in [-0.2, -0.15) is 0 Å². The summed E-state index contributed by atoms with van der Waals surface area (Å²) >= 11 is 0. The molecule has 102 valence electrons. The van der Waals surface area contributed by atoms with E-state index in [0.717, 1.165) is 5.56 Å².